The lowest BCUT2D eigenvalue weighted by Gasteiger charge is -2.36. The SMILES string of the molecule is CC(C)C1CN(C(=O)C2CC=CCC2)CCS1. The van der Waals surface area contributed by atoms with Crippen LogP contribution in [0.1, 0.15) is 33.1 Å². The van der Waals surface area contributed by atoms with Crippen molar-refractivity contribution in [3.63, 3.8) is 0 Å². The molecule has 0 aromatic carbocycles. The number of allylic oxidation sites excluding steroid dienone is 2. The molecule has 2 nitrogen and oxygen atoms in total. The van der Waals surface area contributed by atoms with Gasteiger partial charge in [0.25, 0.3) is 0 Å². The third-order valence-corrected chi connectivity index (χ3v) is 5.31. The van der Waals surface area contributed by atoms with Crippen molar-refractivity contribution in [2.45, 2.75) is 38.4 Å². The number of thioether (sulfide) groups is 1. The number of carbonyl (C=O) groups is 1. The van der Waals surface area contributed by atoms with E-state index in [4.69, 9.17) is 0 Å². The van der Waals surface area contributed by atoms with E-state index in [0.29, 0.717) is 17.1 Å². The molecule has 0 radical (unpaired) electrons. The Morgan fingerprint density at radius 1 is 1.41 bits per heavy atom. The summed E-state index contributed by atoms with van der Waals surface area (Å²) >= 11 is 2.03. The average Bonchev–Trinajstić information content (AvgIpc) is 2.39. The minimum absolute atomic E-state index is 0.260. The van der Waals surface area contributed by atoms with E-state index in [1.807, 2.05) is 11.8 Å². The Hall–Kier alpha value is -0.440. The van der Waals surface area contributed by atoms with Crippen molar-refractivity contribution in [2.75, 3.05) is 18.8 Å². The lowest BCUT2D eigenvalue weighted by Crippen LogP contribution is -2.46. The number of amides is 1. The van der Waals surface area contributed by atoms with E-state index >= 15 is 0 Å². The number of carbonyl (C=O) groups excluding carboxylic acids is 1. The highest BCUT2D eigenvalue weighted by atomic mass is 32.2. The lowest BCUT2D eigenvalue weighted by atomic mass is 9.93. The molecule has 1 aliphatic heterocycles. The molecule has 3 heteroatoms. The van der Waals surface area contributed by atoms with Gasteiger partial charge in [0, 0.05) is 30.0 Å². The van der Waals surface area contributed by atoms with Gasteiger partial charge in [-0.1, -0.05) is 26.0 Å². The van der Waals surface area contributed by atoms with E-state index in [2.05, 4.69) is 30.9 Å². The molecule has 1 aliphatic carbocycles. The van der Waals surface area contributed by atoms with Crippen LogP contribution >= 0.6 is 11.8 Å². The molecule has 1 fully saturated rings. The highest BCUT2D eigenvalue weighted by molar-refractivity contribution is 8.00. The van der Waals surface area contributed by atoms with Gasteiger partial charge in [0.05, 0.1) is 0 Å². The Bertz CT molecular complexity index is 301. The van der Waals surface area contributed by atoms with E-state index in [0.717, 1.165) is 38.1 Å². The second-order valence-electron chi connectivity index (χ2n) is 5.42. The van der Waals surface area contributed by atoms with Crippen LogP contribution in [0.15, 0.2) is 12.2 Å². The zero-order valence-corrected chi connectivity index (χ0v) is 11.7. The fourth-order valence-electron chi connectivity index (χ4n) is 2.56. The smallest absolute Gasteiger partial charge is 0.226 e. The predicted octanol–water partition coefficient (Wildman–Crippen LogP) is 2.94. The fourth-order valence-corrected chi connectivity index (χ4v) is 3.85. The lowest BCUT2D eigenvalue weighted by molar-refractivity contribution is -0.135. The van der Waals surface area contributed by atoms with E-state index in [9.17, 15) is 4.79 Å². The molecule has 1 amide bonds. The number of hydrogen-bond donors (Lipinski definition) is 0. The predicted molar refractivity (Wildman–Crippen MR) is 74.1 cm³/mol. The van der Waals surface area contributed by atoms with Crippen molar-refractivity contribution in [1.82, 2.24) is 4.90 Å². The molecule has 0 saturated carbocycles. The number of hydrogen-bond acceptors (Lipinski definition) is 2. The normalized spacial score (nSPS) is 29.7. The molecule has 0 bridgehead atoms. The molecule has 0 aromatic heterocycles. The standard InChI is InChI=1S/C14H23NOS/c1-11(2)13-10-15(8-9-17-13)14(16)12-6-4-3-5-7-12/h3-4,11-13H,5-10H2,1-2H3. The molecule has 2 atom stereocenters. The van der Waals surface area contributed by atoms with Crippen LogP contribution in [0.3, 0.4) is 0 Å². The van der Waals surface area contributed by atoms with Crippen LogP contribution in [0.4, 0.5) is 0 Å². The summed E-state index contributed by atoms with van der Waals surface area (Å²) in [5, 5.41) is 0.631. The van der Waals surface area contributed by atoms with Gasteiger partial charge in [0.15, 0.2) is 0 Å². The summed E-state index contributed by atoms with van der Waals surface area (Å²) in [6.45, 7) is 6.43. The molecule has 0 aromatic rings. The molecule has 1 saturated heterocycles. The molecule has 1 heterocycles. The number of nitrogens with zero attached hydrogens (tertiary/aromatic N) is 1. The largest absolute Gasteiger partial charge is 0.341 e. The highest BCUT2D eigenvalue weighted by Gasteiger charge is 2.30. The van der Waals surface area contributed by atoms with Crippen LogP contribution < -0.4 is 0 Å². The van der Waals surface area contributed by atoms with Gasteiger partial charge in [-0.3, -0.25) is 4.79 Å². The maximum absolute atomic E-state index is 12.4. The summed E-state index contributed by atoms with van der Waals surface area (Å²) in [6.07, 6.45) is 7.45. The molecule has 2 unspecified atom stereocenters. The van der Waals surface area contributed by atoms with Crippen molar-refractivity contribution in [2.24, 2.45) is 11.8 Å². The van der Waals surface area contributed by atoms with Gasteiger partial charge in [-0.15, -0.1) is 0 Å². The van der Waals surface area contributed by atoms with E-state index < -0.39 is 0 Å². The van der Waals surface area contributed by atoms with Gasteiger partial charge in [0.2, 0.25) is 5.91 Å². The van der Waals surface area contributed by atoms with Gasteiger partial charge < -0.3 is 4.90 Å². The third kappa shape index (κ3) is 3.27. The van der Waals surface area contributed by atoms with Gasteiger partial charge in [-0.25, -0.2) is 0 Å². The molecule has 2 aliphatic rings. The van der Waals surface area contributed by atoms with Crippen molar-refractivity contribution < 1.29 is 4.79 Å². The van der Waals surface area contributed by atoms with Crippen LogP contribution in [0.5, 0.6) is 0 Å². The first-order chi connectivity index (χ1) is 8.18. The van der Waals surface area contributed by atoms with Gasteiger partial charge in [-0.2, -0.15) is 11.8 Å². The average molecular weight is 253 g/mol. The van der Waals surface area contributed by atoms with Crippen LogP contribution in [0.2, 0.25) is 0 Å². The first-order valence-electron chi connectivity index (χ1n) is 6.74. The molecule has 2 rings (SSSR count). The molecular formula is C14H23NOS. The molecular weight excluding hydrogens is 230 g/mol. The highest BCUT2D eigenvalue weighted by Crippen LogP contribution is 2.28. The second-order valence-corrected chi connectivity index (χ2v) is 6.77. The number of rotatable bonds is 2. The first-order valence-corrected chi connectivity index (χ1v) is 7.78. The Morgan fingerprint density at radius 2 is 2.24 bits per heavy atom. The van der Waals surface area contributed by atoms with Crippen LogP contribution in [-0.4, -0.2) is 34.9 Å². The summed E-state index contributed by atoms with van der Waals surface area (Å²) in [6, 6.07) is 0. The van der Waals surface area contributed by atoms with Gasteiger partial charge in [-0.05, 0) is 25.2 Å². The molecule has 96 valence electrons. The summed E-state index contributed by atoms with van der Waals surface area (Å²) in [5.74, 6) is 2.44. The Labute approximate surface area is 109 Å². The topological polar surface area (TPSA) is 20.3 Å². The zero-order valence-electron chi connectivity index (χ0n) is 10.9. The van der Waals surface area contributed by atoms with Crippen molar-refractivity contribution in [1.29, 1.82) is 0 Å². The van der Waals surface area contributed by atoms with Crippen LogP contribution in [-0.2, 0) is 4.79 Å². The van der Waals surface area contributed by atoms with Gasteiger partial charge >= 0.3 is 0 Å². The monoisotopic (exact) mass is 253 g/mol. The van der Waals surface area contributed by atoms with Crippen LogP contribution in [0, 0.1) is 11.8 Å². The second kappa shape index (κ2) is 5.94. The Balaban J connectivity index is 1.92. The molecule has 0 N–H and O–H groups in total. The zero-order chi connectivity index (χ0) is 12.3. The summed E-state index contributed by atoms with van der Waals surface area (Å²) in [7, 11) is 0. The fraction of sp³-hybridized carbons (Fsp3) is 0.786. The van der Waals surface area contributed by atoms with Gasteiger partial charge in [0.1, 0.15) is 0 Å². The van der Waals surface area contributed by atoms with Crippen molar-refractivity contribution in [3.05, 3.63) is 12.2 Å². The minimum Gasteiger partial charge on any atom is -0.341 e. The van der Waals surface area contributed by atoms with E-state index in [-0.39, 0.29) is 5.92 Å². The first kappa shape index (κ1) is 13.0. The summed E-state index contributed by atoms with van der Waals surface area (Å²) in [4.78, 5) is 14.5. The summed E-state index contributed by atoms with van der Waals surface area (Å²) < 4.78 is 0. The Morgan fingerprint density at radius 3 is 2.88 bits per heavy atom. The molecule has 0 spiro atoms. The van der Waals surface area contributed by atoms with E-state index in [1.165, 1.54) is 0 Å². The minimum atomic E-state index is 0.260. The maximum Gasteiger partial charge on any atom is 0.226 e. The maximum atomic E-state index is 12.4. The Kier molecular flexibility index (Phi) is 4.55. The molecule has 17 heavy (non-hydrogen) atoms. The van der Waals surface area contributed by atoms with E-state index in [1.54, 1.807) is 0 Å². The van der Waals surface area contributed by atoms with Crippen molar-refractivity contribution >= 4 is 17.7 Å². The van der Waals surface area contributed by atoms with Crippen molar-refractivity contribution in [3.8, 4) is 0 Å². The summed E-state index contributed by atoms with van der Waals surface area (Å²) in [5.41, 5.74) is 0. The van der Waals surface area contributed by atoms with Crippen LogP contribution in [0.25, 0.3) is 0 Å². The quantitative estimate of drug-likeness (QED) is 0.705. The third-order valence-electron chi connectivity index (χ3n) is 3.77.